The third-order valence-electron chi connectivity index (χ3n) is 2.92. The molecular weight excluding hydrogens is 240 g/mol. The molecule has 1 aliphatic heterocycles. The largest absolute Gasteiger partial charge is 0.357 e. The van der Waals surface area contributed by atoms with Crippen molar-refractivity contribution >= 4 is 17.5 Å². The third-order valence-corrected chi connectivity index (χ3v) is 2.92. The first-order valence-electron chi connectivity index (χ1n) is 6.74. The van der Waals surface area contributed by atoms with E-state index < -0.39 is 0 Å². The Morgan fingerprint density at radius 2 is 1.95 bits per heavy atom. The first-order chi connectivity index (χ1) is 8.94. The van der Waals surface area contributed by atoms with Gasteiger partial charge in [0, 0.05) is 18.6 Å². The van der Waals surface area contributed by atoms with Gasteiger partial charge in [0.15, 0.2) is 0 Å². The molecule has 0 spiro atoms. The minimum Gasteiger partial charge on any atom is -0.357 e. The zero-order valence-electron chi connectivity index (χ0n) is 11.9. The molecule has 0 atom stereocenters. The van der Waals surface area contributed by atoms with Crippen molar-refractivity contribution in [1.82, 2.24) is 10.3 Å². The molecule has 2 heterocycles. The van der Waals surface area contributed by atoms with Crippen molar-refractivity contribution in [2.45, 2.75) is 39.2 Å². The van der Waals surface area contributed by atoms with Gasteiger partial charge in [-0.3, -0.25) is 0 Å². The Bertz CT molecular complexity index is 430. The quantitative estimate of drug-likeness (QED) is 0.861. The molecule has 2 amide bonds. The van der Waals surface area contributed by atoms with E-state index in [1.54, 1.807) is 6.20 Å². The van der Waals surface area contributed by atoms with Crippen molar-refractivity contribution in [3.05, 3.63) is 18.3 Å². The summed E-state index contributed by atoms with van der Waals surface area (Å²) in [7, 11) is 0. The number of pyridine rings is 1. The minimum absolute atomic E-state index is 0.205. The molecule has 1 fully saturated rings. The Kier molecular flexibility index (Phi) is 3.93. The van der Waals surface area contributed by atoms with Gasteiger partial charge in [-0.25, -0.2) is 9.78 Å². The Hall–Kier alpha value is -1.78. The summed E-state index contributed by atoms with van der Waals surface area (Å²) in [5, 5.41) is 5.63. The number of carbonyl (C=O) groups excluding carboxylic acids is 1. The van der Waals surface area contributed by atoms with Crippen LogP contribution in [-0.2, 0) is 0 Å². The average Bonchev–Trinajstić information content (AvgIpc) is 2.80. The number of aromatic nitrogens is 1. The molecule has 5 heteroatoms. The maximum atomic E-state index is 11.7. The van der Waals surface area contributed by atoms with E-state index in [4.69, 9.17) is 0 Å². The maximum Gasteiger partial charge on any atom is 0.319 e. The fraction of sp³-hybridized carbons (Fsp3) is 0.571. The van der Waals surface area contributed by atoms with E-state index in [1.165, 1.54) is 12.8 Å². The number of amides is 2. The molecule has 5 nitrogen and oxygen atoms in total. The summed E-state index contributed by atoms with van der Waals surface area (Å²) < 4.78 is 0. The first-order valence-corrected chi connectivity index (χ1v) is 6.74. The van der Waals surface area contributed by atoms with Gasteiger partial charge in [0.1, 0.15) is 5.82 Å². The molecule has 0 radical (unpaired) electrons. The van der Waals surface area contributed by atoms with Crippen LogP contribution in [0.4, 0.5) is 16.3 Å². The summed E-state index contributed by atoms with van der Waals surface area (Å²) in [5.74, 6) is 0.985. The number of carbonyl (C=O) groups is 1. The minimum atomic E-state index is -0.243. The second-order valence-electron chi connectivity index (χ2n) is 5.93. The fourth-order valence-electron chi connectivity index (χ4n) is 2.10. The van der Waals surface area contributed by atoms with Crippen molar-refractivity contribution in [3.8, 4) is 0 Å². The van der Waals surface area contributed by atoms with Crippen LogP contribution in [0, 0.1) is 0 Å². The lowest BCUT2D eigenvalue weighted by Crippen LogP contribution is -2.43. The topological polar surface area (TPSA) is 57.3 Å². The van der Waals surface area contributed by atoms with E-state index in [1.807, 2.05) is 32.9 Å². The summed E-state index contributed by atoms with van der Waals surface area (Å²) >= 11 is 0. The molecule has 0 saturated carbocycles. The molecule has 1 saturated heterocycles. The van der Waals surface area contributed by atoms with Gasteiger partial charge in [-0.15, -0.1) is 0 Å². The highest BCUT2D eigenvalue weighted by atomic mass is 16.2. The maximum absolute atomic E-state index is 11.7. The molecule has 104 valence electrons. The normalized spacial score (nSPS) is 15.4. The number of anilines is 2. The number of hydrogen-bond donors (Lipinski definition) is 2. The Balaban J connectivity index is 1.93. The molecule has 2 N–H and O–H groups in total. The van der Waals surface area contributed by atoms with Gasteiger partial charge in [0.05, 0.1) is 11.9 Å². The van der Waals surface area contributed by atoms with Gasteiger partial charge in [0.2, 0.25) is 0 Å². The standard InChI is InChI=1S/C14H22N4O/c1-14(2,3)17-13(19)16-11-6-7-12(15-10-11)18-8-4-5-9-18/h6-7,10H,4-5,8-9H2,1-3H3,(H2,16,17,19). The fourth-order valence-corrected chi connectivity index (χ4v) is 2.10. The van der Waals surface area contributed by atoms with Crippen LogP contribution in [0.15, 0.2) is 18.3 Å². The van der Waals surface area contributed by atoms with Gasteiger partial charge in [-0.1, -0.05) is 0 Å². The second kappa shape index (κ2) is 5.47. The van der Waals surface area contributed by atoms with E-state index in [-0.39, 0.29) is 11.6 Å². The van der Waals surface area contributed by atoms with Gasteiger partial charge in [0.25, 0.3) is 0 Å². The van der Waals surface area contributed by atoms with Gasteiger partial charge in [-0.05, 0) is 45.7 Å². The van der Waals surface area contributed by atoms with Crippen LogP contribution in [0.5, 0.6) is 0 Å². The monoisotopic (exact) mass is 262 g/mol. The smallest absolute Gasteiger partial charge is 0.319 e. The van der Waals surface area contributed by atoms with Crippen molar-refractivity contribution < 1.29 is 4.79 Å². The van der Waals surface area contributed by atoms with Crippen molar-refractivity contribution in [2.75, 3.05) is 23.3 Å². The lowest BCUT2D eigenvalue weighted by Gasteiger charge is -2.21. The van der Waals surface area contributed by atoms with E-state index in [0.717, 1.165) is 18.9 Å². The second-order valence-corrected chi connectivity index (χ2v) is 5.93. The highest BCUT2D eigenvalue weighted by Gasteiger charge is 2.15. The highest BCUT2D eigenvalue weighted by Crippen LogP contribution is 2.19. The van der Waals surface area contributed by atoms with E-state index in [9.17, 15) is 4.79 Å². The average molecular weight is 262 g/mol. The number of nitrogens with one attached hydrogen (secondary N) is 2. The number of hydrogen-bond acceptors (Lipinski definition) is 3. The molecule has 0 bridgehead atoms. The Morgan fingerprint density at radius 1 is 1.26 bits per heavy atom. The number of nitrogens with zero attached hydrogens (tertiary/aromatic N) is 2. The van der Waals surface area contributed by atoms with E-state index in [0.29, 0.717) is 5.69 Å². The third kappa shape index (κ3) is 4.12. The van der Waals surface area contributed by atoms with Crippen molar-refractivity contribution in [3.63, 3.8) is 0 Å². The Morgan fingerprint density at radius 3 is 2.47 bits per heavy atom. The molecule has 2 rings (SSSR count). The number of urea groups is 1. The summed E-state index contributed by atoms with van der Waals surface area (Å²) in [5.41, 5.74) is 0.470. The summed E-state index contributed by atoms with van der Waals surface area (Å²) in [6.07, 6.45) is 4.17. The van der Waals surface area contributed by atoms with Gasteiger partial charge >= 0.3 is 6.03 Å². The van der Waals surface area contributed by atoms with Gasteiger partial charge < -0.3 is 15.5 Å². The molecule has 19 heavy (non-hydrogen) atoms. The SMILES string of the molecule is CC(C)(C)NC(=O)Nc1ccc(N2CCCC2)nc1. The summed E-state index contributed by atoms with van der Waals surface area (Å²) in [6, 6.07) is 3.64. The first kappa shape index (κ1) is 13.6. The zero-order valence-corrected chi connectivity index (χ0v) is 11.9. The van der Waals surface area contributed by atoms with Crippen LogP contribution in [0.2, 0.25) is 0 Å². The van der Waals surface area contributed by atoms with E-state index >= 15 is 0 Å². The predicted molar refractivity (Wildman–Crippen MR) is 77.6 cm³/mol. The lowest BCUT2D eigenvalue weighted by molar-refractivity contribution is 0.244. The Labute approximate surface area is 114 Å². The molecule has 1 aromatic heterocycles. The molecule has 0 aliphatic carbocycles. The van der Waals surface area contributed by atoms with Crippen molar-refractivity contribution in [2.24, 2.45) is 0 Å². The van der Waals surface area contributed by atoms with Crippen LogP contribution < -0.4 is 15.5 Å². The van der Waals surface area contributed by atoms with Crippen LogP contribution >= 0.6 is 0 Å². The molecular formula is C14H22N4O. The van der Waals surface area contributed by atoms with Crippen LogP contribution in [0.1, 0.15) is 33.6 Å². The number of rotatable bonds is 2. The predicted octanol–water partition coefficient (Wildman–Crippen LogP) is 2.60. The van der Waals surface area contributed by atoms with Crippen LogP contribution in [-0.4, -0.2) is 29.6 Å². The molecule has 1 aliphatic rings. The lowest BCUT2D eigenvalue weighted by atomic mass is 10.1. The van der Waals surface area contributed by atoms with Crippen LogP contribution in [0.25, 0.3) is 0 Å². The zero-order chi connectivity index (χ0) is 13.9. The summed E-state index contributed by atoms with van der Waals surface area (Å²) in [6.45, 7) is 7.98. The molecule has 1 aromatic rings. The van der Waals surface area contributed by atoms with Crippen molar-refractivity contribution in [1.29, 1.82) is 0 Å². The summed E-state index contributed by atoms with van der Waals surface area (Å²) in [4.78, 5) is 18.4. The molecule has 0 aromatic carbocycles. The van der Waals surface area contributed by atoms with E-state index in [2.05, 4.69) is 20.5 Å². The van der Waals surface area contributed by atoms with Gasteiger partial charge in [-0.2, -0.15) is 0 Å². The highest BCUT2D eigenvalue weighted by molar-refractivity contribution is 5.89. The van der Waals surface area contributed by atoms with Crippen LogP contribution in [0.3, 0.4) is 0 Å². The molecule has 0 unspecified atom stereocenters.